The van der Waals surface area contributed by atoms with Crippen LogP contribution in [0.25, 0.3) is 21.5 Å². The van der Waals surface area contributed by atoms with Gasteiger partial charge in [0.2, 0.25) is 0 Å². The lowest BCUT2D eigenvalue weighted by Gasteiger charge is -2.40. The van der Waals surface area contributed by atoms with Gasteiger partial charge in [-0.3, -0.25) is 0 Å². The fourth-order valence-corrected chi connectivity index (χ4v) is 7.79. The van der Waals surface area contributed by atoms with E-state index in [1.807, 2.05) is 0 Å². The van der Waals surface area contributed by atoms with Crippen molar-refractivity contribution in [2.24, 2.45) is 0 Å². The van der Waals surface area contributed by atoms with Gasteiger partial charge < -0.3 is 24.9 Å². The van der Waals surface area contributed by atoms with Crippen molar-refractivity contribution in [3.05, 3.63) is 95.5 Å². The molecule has 216 valence electrons. The van der Waals surface area contributed by atoms with Gasteiger partial charge >= 0.3 is 14.0 Å². The SMILES string of the molecule is CC(C)(C)[Si](C)(C)OCCN1B(c2cc(Br)cc(B3Nc4cccc5cccc(c45)N3)c2)Nc2cccc3cccc1c23. The molecule has 0 fully saturated rings. The largest absolute Gasteiger partial charge is 0.415 e. The first-order valence-electron chi connectivity index (χ1n) is 15.1. The molecule has 0 radical (unpaired) electrons. The molecule has 5 aromatic rings. The molecule has 5 nitrogen and oxygen atoms in total. The molecule has 0 aliphatic carbocycles. The Hall–Kier alpha value is -3.39. The minimum absolute atomic E-state index is 0.0564. The third kappa shape index (κ3) is 5.11. The van der Waals surface area contributed by atoms with Crippen molar-refractivity contribution in [1.29, 1.82) is 0 Å². The highest BCUT2D eigenvalue weighted by molar-refractivity contribution is 9.10. The summed E-state index contributed by atoms with van der Waals surface area (Å²) < 4.78 is 7.76. The van der Waals surface area contributed by atoms with E-state index in [1.54, 1.807) is 0 Å². The monoisotopic (exact) mass is 646 g/mol. The third-order valence-electron chi connectivity index (χ3n) is 9.49. The highest BCUT2D eigenvalue weighted by Gasteiger charge is 2.39. The molecular weight excluding hydrogens is 610 g/mol. The molecular formula is C34H37B2BrN4OSi. The molecule has 0 atom stereocenters. The van der Waals surface area contributed by atoms with E-state index in [4.69, 9.17) is 4.43 Å². The summed E-state index contributed by atoms with van der Waals surface area (Å²) >= 11 is 3.87. The normalized spacial score (nSPS) is 14.5. The Morgan fingerprint density at radius 2 is 1.30 bits per heavy atom. The molecule has 0 bridgehead atoms. The van der Waals surface area contributed by atoms with Gasteiger partial charge in [-0.2, -0.15) is 0 Å². The Labute approximate surface area is 264 Å². The van der Waals surface area contributed by atoms with Crippen LogP contribution >= 0.6 is 15.9 Å². The van der Waals surface area contributed by atoms with Gasteiger partial charge in [0, 0.05) is 44.5 Å². The second kappa shape index (κ2) is 10.6. The van der Waals surface area contributed by atoms with E-state index in [-0.39, 0.29) is 19.0 Å². The Morgan fingerprint density at radius 1 is 0.744 bits per heavy atom. The lowest BCUT2D eigenvalue weighted by molar-refractivity contribution is 0.298. The van der Waals surface area contributed by atoms with Gasteiger partial charge in [-0.1, -0.05) is 91.3 Å². The van der Waals surface area contributed by atoms with E-state index >= 15 is 0 Å². The van der Waals surface area contributed by atoms with Crippen molar-refractivity contribution in [3.63, 3.8) is 0 Å². The Balaban J connectivity index is 1.25. The predicted molar refractivity (Wildman–Crippen MR) is 194 cm³/mol. The number of halogens is 1. The minimum Gasteiger partial charge on any atom is -0.415 e. The van der Waals surface area contributed by atoms with Gasteiger partial charge in [-0.25, -0.2) is 0 Å². The van der Waals surface area contributed by atoms with Crippen LogP contribution < -0.4 is 31.4 Å². The van der Waals surface area contributed by atoms with Crippen molar-refractivity contribution in [3.8, 4) is 0 Å². The fourth-order valence-electron chi connectivity index (χ4n) is 6.23. The average molecular weight is 647 g/mol. The van der Waals surface area contributed by atoms with E-state index in [1.165, 1.54) is 38.2 Å². The first-order valence-corrected chi connectivity index (χ1v) is 18.8. The first-order chi connectivity index (χ1) is 20.6. The van der Waals surface area contributed by atoms with Gasteiger partial charge in [-0.15, -0.1) is 0 Å². The summed E-state index contributed by atoms with van der Waals surface area (Å²) in [5, 5.41) is 16.6. The topological polar surface area (TPSA) is 48.6 Å². The second-order valence-electron chi connectivity index (χ2n) is 13.3. The number of nitrogens with one attached hydrogen (secondary N) is 3. The second-order valence-corrected chi connectivity index (χ2v) is 19.0. The number of hydrogen-bond donors (Lipinski definition) is 3. The summed E-state index contributed by atoms with van der Waals surface area (Å²) in [6.07, 6.45) is 0. The van der Waals surface area contributed by atoms with E-state index in [0.29, 0.717) is 6.61 Å². The van der Waals surface area contributed by atoms with Crippen LogP contribution in [0.15, 0.2) is 95.5 Å². The summed E-state index contributed by atoms with van der Waals surface area (Å²) in [6.45, 7) is 12.9. The average Bonchev–Trinajstić information content (AvgIpc) is 2.97. The molecule has 43 heavy (non-hydrogen) atoms. The molecule has 0 saturated carbocycles. The summed E-state index contributed by atoms with van der Waals surface area (Å²) in [6, 6.07) is 32.9. The molecule has 2 aliphatic rings. The Bertz CT molecular complexity index is 1810. The molecule has 7 rings (SSSR count). The third-order valence-corrected chi connectivity index (χ3v) is 14.5. The fraction of sp³-hybridized carbons (Fsp3) is 0.235. The van der Waals surface area contributed by atoms with Gasteiger partial charge in [0.15, 0.2) is 8.32 Å². The van der Waals surface area contributed by atoms with E-state index in [9.17, 15) is 0 Å². The van der Waals surface area contributed by atoms with Crippen molar-refractivity contribution < 1.29 is 4.43 Å². The number of rotatable bonds is 6. The van der Waals surface area contributed by atoms with Crippen LogP contribution in [0.2, 0.25) is 18.1 Å². The Kier molecular flexibility index (Phi) is 7.03. The zero-order valence-corrected chi connectivity index (χ0v) is 28.0. The van der Waals surface area contributed by atoms with Crippen molar-refractivity contribution in [2.45, 2.75) is 38.9 Å². The molecule has 2 heterocycles. The van der Waals surface area contributed by atoms with Crippen LogP contribution in [-0.4, -0.2) is 35.4 Å². The number of hydrogen-bond acceptors (Lipinski definition) is 5. The molecule has 5 aromatic carbocycles. The quantitative estimate of drug-likeness (QED) is 0.166. The smallest absolute Gasteiger partial charge is 0.408 e. The summed E-state index contributed by atoms with van der Waals surface area (Å²) in [7, 11) is -1.89. The number of nitrogens with zero attached hydrogens (tertiary/aromatic N) is 1. The molecule has 0 spiro atoms. The summed E-state index contributed by atoms with van der Waals surface area (Å²) in [5.74, 6) is 0. The first kappa shape index (κ1) is 28.4. The number of anilines is 4. The van der Waals surface area contributed by atoms with Crippen LogP contribution in [0.3, 0.4) is 0 Å². The highest BCUT2D eigenvalue weighted by Crippen LogP contribution is 2.39. The molecule has 9 heteroatoms. The molecule has 0 aromatic heterocycles. The van der Waals surface area contributed by atoms with E-state index < -0.39 is 8.32 Å². The molecule has 2 aliphatic heterocycles. The van der Waals surface area contributed by atoms with Gasteiger partial charge in [-0.05, 0) is 76.2 Å². The maximum atomic E-state index is 6.71. The standard InChI is InChI=1S/C34H37B2BrN4OSi/c1-34(2,3)43(4,5)42-19-18-41-31-17-9-13-24-12-8-16-30(33(24)31)40-36(41)26-20-25(21-27(37)22-26)35-38-28-14-6-10-23-11-7-15-29(39-35)32(23)28/h6-17,20-22,38-40H,18-19H2,1-5H3. The Morgan fingerprint density at radius 3 is 1.93 bits per heavy atom. The van der Waals surface area contributed by atoms with Crippen LogP contribution in [0.1, 0.15) is 20.8 Å². The van der Waals surface area contributed by atoms with E-state index in [0.717, 1.165) is 28.1 Å². The minimum atomic E-state index is -1.89. The van der Waals surface area contributed by atoms with E-state index in [2.05, 4.69) is 161 Å². The van der Waals surface area contributed by atoms with Gasteiger partial charge in [0.1, 0.15) is 0 Å². The zero-order chi connectivity index (χ0) is 29.9. The molecule has 0 amide bonds. The zero-order valence-electron chi connectivity index (χ0n) is 25.5. The maximum Gasteiger partial charge on any atom is 0.408 e. The number of benzene rings is 5. The van der Waals surface area contributed by atoms with Gasteiger partial charge in [0.05, 0.1) is 6.61 Å². The van der Waals surface area contributed by atoms with Crippen LogP contribution in [-0.2, 0) is 4.43 Å². The lowest BCUT2D eigenvalue weighted by Crippen LogP contribution is -2.59. The molecule has 3 N–H and O–H groups in total. The highest BCUT2D eigenvalue weighted by atomic mass is 79.9. The summed E-state index contributed by atoms with van der Waals surface area (Å²) in [5.41, 5.74) is 7.08. The predicted octanol–water partition coefficient (Wildman–Crippen LogP) is 7.64. The van der Waals surface area contributed by atoms with Crippen molar-refractivity contribution >= 4 is 93.4 Å². The van der Waals surface area contributed by atoms with Crippen LogP contribution in [0.4, 0.5) is 22.7 Å². The van der Waals surface area contributed by atoms with Crippen LogP contribution in [0, 0.1) is 0 Å². The molecule has 0 unspecified atom stereocenters. The lowest BCUT2D eigenvalue weighted by atomic mass is 9.59. The van der Waals surface area contributed by atoms with Gasteiger partial charge in [0.25, 0.3) is 0 Å². The van der Waals surface area contributed by atoms with Crippen molar-refractivity contribution in [2.75, 3.05) is 33.6 Å². The maximum absolute atomic E-state index is 6.71. The summed E-state index contributed by atoms with van der Waals surface area (Å²) in [4.78, 5) is 2.49. The van der Waals surface area contributed by atoms with Crippen molar-refractivity contribution in [1.82, 2.24) is 0 Å². The molecule has 0 saturated heterocycles. The van der Waals surface area contributed by atoms with Crippen LogP contribution in [0.5, 0.6) is 0 Å².